The second-order valence-corrected chi connectivity index (χ2v) is 8.11. The van der Waals surface area contributed by atoms with Crippen LogP contribution in [0.3, 0.4) is 0 Å². The topological polar surface area (TPSA) is 43.8 Å². The van der Waals surface area contributed by atoms with Gasteiger partial charge in [0, 0.05) is 42.5 Å². The molecule has 160 valence electrons. The van der Waals surface area contributed by atoms with Gasteiger partial charge in [-0.2, -0.15) is 0 Å². The summed E-state index contributed by atoms with van der Waals surface area (Å²) in [6.07, 6.45) is 1.56. The molecule has 1 amide bonds. The monoisotopic (exact) mass is 418 g/mol. The molecule has 4 nitrogen and oxygen atoms in total. The highest BCUT2D eigenvalue weighted by Gasteiger charge is 2.30. The van der Waals surface area contributed by atoms with Gasteiger partial charge >= 0.3 is 0 Å². The van der Waals surface area contributed by atoms with Crippen molar-refractivity contribution in [3.8, 4) is 5.75 Å². The highest BCUT2D eigenvalue weighted by molar-refractivity contribution is 6.06. The smallest absolute Gasteiger partial charge is 0.258 e. The predicted octanol–water partition coefficient (Wildman–Crippen LogP) is 5.15. The van der Waals surface area contributed by atoms with Crippen LogP contribution in [0.1, 0.15) is 34.3 Å². The number of anilines is 1. The number of nitrogens with zero attached hydrogens (tertiary/aromatic N) is 2. The van der Waals surface area contributed by atoms with Gasteiger partial charge in [-0.25, -0.2) is 4.39 Å². The summed E-state index contributed by atoms with van der Waals surface area (Å²) in [6.45, 7) is 3.99. The summed E-state index contributed by atoms with van der Waals surface area (Å²) in [5.74, 6) is -0.107. The number of hydrogen-bond donors (Lipinski definition) is 1. The molecule has 0 unspecified atom stereocenters. The average Bonchev–Trinajstić information content (AvgIpc) is 2.79. The van der Waals surface area contributed by atoms with Crippen molar-refractivity contribution < 1.29 is 14.3 Å². The lowest BCUT2D eigenvalue weighted by Crippen LogP contribution is -2.47. The van der Waals surface area contributed by atoms with Crippen LogP contribution in [-0.2, 0) is 6.54 Å². The number of carbonyl (C=O) groups is 1. The molecule has 1 saturated heterocycles. The lowest BCUT2D eigenvalue weighted by Gasteiger charge is -2.39. The third-order valence-corrected chi connectivity index (χ3v) is 5.98. The molecule has 0 radical (unpaired) electrons. The molecule has 3 aromatic carbocycles. The Kier molecular flexibility index (Phi) is 6.33. The van der Waals surface area contributed by atoms with E-state index in [0.29, 0.717) is 29.1 Å². The van der Waals surface area contributed by atoms with E-state index in [1.165, 1.54) is 6.07 Å². The Bertz CT molecular complexity index is 1050. The maximum absolute atomic E-state index is 14.3. The molecule has 1 fully saturated rings. The molecule has 3 aromatic rings. The van der Waals surface area contributed by atoms with Crippen LogP contribution < -0.4 is 4.90 Å². The van der Waals surface area contributed by atoms with Crippen LogP contribution in [0.5, 0.6) is 5.75 Å². The van der Waals surface area contributed by atoms with Crippen LogP contribution in [0, 0.1) is 12.7 Å². The van der Waals surface area contributed by atoms with Gasteiger partial charge in [-0.15, -0.1) is 0 Å². The quantitative estimate of drug-likeness (QED) is 0.623. The van der Waals surface area contributed by atoms with E-state index in [-0.39, 0.29) is 17.8 Å². The SMILES string of the molecule is Cc1ccc(N(C(=O)c2ccccc2)C2CCN(Cc3ccccc3O)CC2)cc1F. The number of para-hydroxylation sites is 1. The van der Waals surface area contributed by atoms with E-state index in [2.05, 4.69) is 4.90 Å². The van der Waals surface area contributed by atoms with Gasteiger partial charge in [-0.05, 0) is 55.7 Å². The third kappa shape index (κ3) is 4.78. The average molecular weight is 419 g/mol. The van der Waals surface area contributed by atoms with Crippen molar-refractivity contribution in [1.29, 1.82) is 0 Å². The molecule has 0 aromatic heterocycles. The molecule has 0 spiro atoms. The first-order valence-electron chi connectivity index (χ1n) is 10.7. The lowest BCUT2D eigenvalue weighted by atomic mass is 9.99. The van der Waals surface area contributed by atoms with Crippen LogP contribution in [0.4, 0.5) is 10.1 Å². The van der Waals surface area contributed by atoms with E-state index in [4.69, 9.17) is 0 Å². The Morgan fingerprint density at radius 3 is 2.39 bits per heavy atom. The molecule has 4 rings (SSSR count). The summed E-state index contributed by atoms with van der Waals surface area (Å²) >= 11 is 0. The number of rotatable bonds is 5. The number of piperidine rings is 1. The van der Waals surface area contributed by atoms with Crippen LogP contribution in [0.2, 0.25) is 0 Å². The van der Waals surface area contributed by atoms with Gasteiger partial charge in [-0.1, -0.05) is 42.5 Å². The van der Waals surface area contributed by atoms with Crippen molar-refractivity contribution >= 4 is 11.6 Å². The van der Waals surface area contributed by atoms with Crippen molar-refractivity contribution in [2.75, 3.05) is 18.0 Å². The molecule has 0 atom stereocenters. The summed E-state index contributed by atoms with van der Waals surface area (Å²) < 4.78 is 14.3. The Morgan fingerprint density at radius 2 is 1.71 bits per heavy atom. The number of aromatic hydroxyl groups is 1. The summed E-state index contributed by atoms with van der Waals surface area (Å²) in [4.78, 5) is 17.5. The highest BCUT2D eigenvalue weighted by atomic mass is 19.1. The van der Waals surface area contributed by atoms with Crippen molar-refractivity contribution in [2.24, 2.45) is 0 Å². The maximum atomic E-state index is 14.3. The number of phenolic OH excluding ortho intramolecular Hbond substituents is 1. The highest BCUT2D eigenvalue weighted by Crippen LogP contribution is 2.28. The Morgan fingerprint density at radius 1 is 1.03 bits per heavy atom. The summed E-state index contributed by atoms with van der Waals surface area (Å²) in [5.41, 5.74) is 2.66. The Labute approximate surface area is 182 Å². The fourth-order valence-electron chi connectivity index (χ4n) is 4.17. The van der Waals surface area contributed by atoms with Crippen molar-refractivity contribution in [3.05, 3.63) is 95.3 Å². The van der Waals surface area contributed by atoms with E-state index in [1.54, 1.807) is 36.1 Å². The fourth-order valence-corrected chi connectivity index (χ4v) is 4.17. The van der Waals surface area contributed by atoms with Crippen molar-refractivity contribution in [3.63, 3.8) is 0 Å². The van der Waals surface area contributed by atoms with Gasteiger partial charge in [0.1, 0.15) is 11.6 Å². The number of phenols is 1. The van der Waals surface area contributed by atoms with Gasteiger partial charge in [-0.3, -0.25) is 9.69 Å². The molecular formula is C26H27FN2O2. The fraction of sp³-hybridized carbons (Fsp3) is 0.269. The molecule has 0 bridgehead atoms. The van der Waals surface area contributed by atoms with E-state index < -0.39 is 0 Å². The molecule has 0 saturated carbocycles. The van der Waals surface area contributed by atoms with Gasteiger partial charge in [0.15, 0.2) is 0 Å². The largest absolute Gasteiger partial charge is 0.508 e. The number of hydrogen-bond acceptors (Lipinski definition) is 3. The van der Waals surface area contributed by atoms with Gasteiger partial charge in [0.05, 0.1) is 0 Å². The number of benzene rings is 3. The number of likely N-dealkylation sites (tertiary alicyclic amines) is 1. The van der Waals surface area contributed by atoms with Gasteiger partial charge < -0.3 is 10.0 Å². The minimum absolute atomic E-state index is 0.0181. The normalized spacial score (nSPS) is 15.0. The first kappa shape index (κ1) is 21.1. The van der Waals surface area contributed by atoms with E-state index in [0.717, 1.165) is 31.5 Å². The van der Waals surface area contributed by atoms with Gasteiger partial charge in [0.25, 0.3) is 5.91 Å². The minimum atomic E-state index is -0.305. The molecular weight excluding hydrogens is 391 g/mol. The second kappa shape index (κ2) is 9.31. The van der Waals surface area contributed by atoms with E-state index >= 15 is 0 Å². The molecule has 1 aliphatic rings. The third-order valence-electron chi connectivity index (χ3n) is 5.98. The van der Waals surface area contributed by atoms with Crippen LogP contribution >= 0.6 is 0 Å². The minimum Gasteiger partial charge on any atom is -0.508 e. The maximum Gasteiger partial charge on any atom is 0.258 e. The van der Waals surface area contributed by atoms with Gasteiger partial charge in [0.2, 0.25) is 0 Å². The number of halogens is 1. The molecule has 5 heteroatoms. The zero-order chi connectivity index (χ0) is 21.8. The lowest BCUT2D eigenvalue weighted by molar-refractivity contribution is 0.0958. The second-order valence-electron chi connectivity index (χ2n) is 8.11. The summed E-state index contributed by atoms with van der Waals surface area (Å²) in [5, 5.41) is 10.1. The van der Waals surface area contributed by atoms with Crippen LogP contribution in [0.25, 0.3) is 0 Å². The Balaban J connectivity index is 1.54. The van der Waals surface area contributed by atoms with E-state index in [9.17, 15) is 14.3 Å². The van der Waals surface area contributed by atoms with Crippen molar-refractivity contribution in [2.45, 2.75) is 32.4 Å². The van der Waals surface area contributed by atoms with Crippen molar-refractivity contribution in [1.82, 2.24) is 4.90 Å². The first-order chi connectivity index (χ1) is 15.0. The number of aryl methyl sites for hydroxylation is 1. The number of carbonyl (C=O) groups excluding carboxylic acids is 1. The Hall–Kier alpha value is -3.18. The molecule has 1 aliphatic heterocycles. The molecule has 1 heterocycles. The molecule has 0 aliphatic carbocycles. The standard InChI is InChI=1S/C26H27FN2O2/c1-19-11-12-23(17-24(19)27)29(26(31)20-7-3-2-4-8-20)22-13-15-28(16-14-22)18-21-9-5-6-10-25(21)30/h2-12,17,22,30H,13-16,18H2,1H3. The predicted molar refractivity (Wildman–Crippen MR) is 121 cm³/mol. The zero-order valence-corrected chi connectivity index (χ0v) is 17.7. The molecule has 1 N–H and O–H groups in total. The zero-order valence-electron chi connectivity index (χ0n) is 17.7. The van der Waals surface area contributed by atoms with Crippen LogP contribution in [-0.4, -0.2) is 35.0 Å². The van der Waals surface area contributed by atoms with Crippen LogP contribution in [0.15, 0.2) is 72.8 Å². The molecule has 31 heavy (non-hydrogen) atoms. The van der Waals surface area contributed by atoms with E-state index in [1.807, 2.05) is 42.5 Å². The summed E-state index contributed by atoms with van der Waals surface area (Å²) in [6, 6.07) is 21.5. The summed E-state index contributed by atoms with van der Waals surface area (Å²) in [7, 11) is 0. The number of amides is 1. The first-order valence-corrected chi connectivity index (χ1v) is 10.7.